The maximum Gasteiger partial charge on any atom is 0.417 e. The van der Waals surface area contributed by atoms with Crippen LogP contribution >= 0.6 is 11.6 Å². The van der Waals surface area contributed by atoms with Gasteiger partial charge in [0.2, 0.25) is 0 Å². The van der Waals surface area contributed by atoms with E-state index >= 15 is 0 Å². The van der Waals surface area contributed by atoms with E-state index in [4.69, 9.17) is 11.6 Å². The van der Waals surface area contributed by atoms with Crippen LogP contribution in [0.4, 0.5) is 13.2 Å². The van der Waals surface area contributed by atoms with Crippen molar-refractivity contribution in [3.8, 4) is 0 Å². The lowest BCUT2D eigenvalue weighted by Crippen LogP contribution is -2.20. The summed E-state index contributed by atoms with van der Waals surface area (Å²) in [6, 6.07) is 4.40. The molecule has 0 saturated heterocycles. The molecule has 0 fully saturated rings. The lowest BCUT2D eigenvalue weighted by atomic mass is 10.1. The number of carbonyl (C=O) groups excluding carboxylic acids is 2. The van der Waals surface area contributed by atoms with E-state index in [0.717, 1.165) is 16.8 Å². The third kappa shape index (κ3) is 3.85. The summed E-state index contributed by atoms with van der Waals surface area (Å²) in [7, 11) is 0. The van der Waals surface area contributed by atoms with Crippen LogP contribution in [-0.4, -0.2) is 27.0 Å². The molecule has 2 heterocycles. The van der Waals surface area contributed by atoms with E-state index < -0.39 is 23.2 Å². The van der Waals surface area contributed by atoms with Crippen LogP contribution < -0.4 is 0 Å². The highest BCUT2D eigenvalue weighted by atomic mass is 35.5. The van der Waals surface area contributed by atoms with E-state index in [0.29, 0.717) is 17.5 Å². The summed E-state index contributed by atoms with van der Waals surface area (Å²) in [5.41, 5.74) is -0.943. The van der Waals surface area contributed by atoms with Crippen LogP contribution in [0.3, 0.4) is 0 Å². The average molecular weight is 398 g/mol. The molecule has 0 bridgehead atoms. The minimum atomic E-state index is -4.76. The van der Waals surface area contributed by atoms with E-state index in [2.05, 4.69) is 10.1 Å². The number of benzene rings is 1. The van der Waals surface area contributed by atoms with Gasteiger partial charge in [0.05, 0.1) is 27.4 Å². The van der Waals surface area contributed by atoms with Crippen LogP contribution in [0.2, 0.25) is 5.02 Å². The molecule has 0 aliphatic heterocycles. The lowest BCUT2D eigenvalue weighted by Gasteiger charge is -2.13. The molecule has 0 aliphatic carbocycles. The molecule has 0 spiro atoms. The molecule has 0 amide bonds. The number of rotatable bonds is 2. The lowest BCUT2D eigenvalue weighted by molar-refractivity contribution is -0.137. The van der Waals surface area contributed by atoms with Crippen molar-refractivity contribution in [3.63, 3.8) is 0 Å². The van der Waals surface area contributed by atoms with Gasteiger partial charge >= 0.3 is 6.18 Å². The fraction of sp³-hybridized carbons (Fsp3) is 0.222. The first kappa shape index (κ1) is 20.6. The quantitative estimate of drug-likeness (QED) is 0.574. The summed E-state index contributed by atoms with van der Waals surface area (Å²) in [4.78, 5) is 27.7. The molecule has 142 valence electrons. The summed E-state index contributed by atoms with van der Waals surface area (Å²) in [5.74, 6) is -1.05. The van der Waals surface area contributed by atoms with Crippen molar-refractivity contribution in [3.05, 3.63) is 57.9 Å². The number of nitrogens with zero attached hydrogens (tertiary/aromatic N) is 3. The van der Waals surface area contributed by atoms with Gasteiger partial charge in [-0.05, 0) is 25.1 Å². The molecule has 2 aromatic heterocycles. The number of hydrogen-bond donors (Lipinski definition) is 0. The fourth-order valence-electron chi connectivity index (χ4n) is 2.46. The molecular weight excluding hydrogens is 383 g/mol. The number of aromatic nitrogens is 3. The van der Waals surface area contributed by atoms with Gasteiger partial charge in [-0.25, -0.2) is 0 Å². The Morgan fingerprint density at radius 2 is 1.93 bits per heavy atom. The molecule has 1 aromatic carbocycles. The van der Waals surface area contributed by atoms with Gasteiger partial charge in [-0.15, -0.1) is 0 Å². The zero-order chi connectivity index (χ0) is 20.4. The standard InChI is InChI=1S/C16H9ClF3N3O2.C2H6/c1-8-14-12(5-9(7-24)6-21-14)23(22-8)15(25)13-10(16(18,19)20)3-2-4-11(13)17;1-2/h2-7H,1H3;1-2H3. The third-order valence-electron chi connectivity index (χ3n) is 3.57. The fourth-order valence-corrected chi connectivity index (χ4v) is 2.72. The van der Waals surface area contributed by atoms with Crippen molar-refractivity contribution < 1.29 is 22.8 Å². The molecular formula is C18H15ClF3N3O2. The van der Waals surface area contributed by atoms with Crippen molar-refractivity contribution in [1.29, 1.82) is 0 Å². The van der Waals surface area contributed by atoms with Gasteiger partial charge in [-0.1, -0.05) is 31.5 Å². The molecule has 5 nitrogen and oxygen atoms in total. The van der Waals surface area contributed by atoms with Crippen molar-refractivity contribution in [2.75, 3.05) is 0 Å². The molecule has 27 heavy (non-hydrogen) atoms. The normalized spacial score (nSPS) is 11.1. The van der Waals surface area contributed by atoms with Crippen LogP contribution in [0.15, 0.2) is 30.5 Å². The second-order valence-corrected chi connectivity index (χ2v) is 5.62. The van der Waals surface area contributed by atoms with Crippen molar-refractivity contribution >= 4 is 34.8 Å². The van der Waals surface area contributed by atoms with Gasteiger partial charge < -0.3 is 0 Å². The van der Waals surface area contributed by atoms with Gasteiger partial charge in [0.25, 0.3) is 5.91 Å². The number of halogens is 4. The number of aryl methyl sites for hydroxylation is 1. The van der Waals surface area contributed by atoms with Gasteiger partial charge in [-0.2, -0.15) is 23.0 Å². The zero-order valence-corrected chi connectivity index (χ0v) is 15.4. The average Bonchev–Trinajstić information content (AvgIpc) is 2.98. The molecule has 0 unspecified atom stereocenters. The SMILES string of the molecule is CC.Cc1nn(C(=O)c2c(Cl)cccc2C(F)(F)F)c2cc(C=O)cnc12. The molecule has 0 atom stereocenters. The van der Waals surface area contributed by atoms with Crippen molar-refractivity contribution in [1.82, 2.24) is 14.8 Å². The van der Waals surface area contributed by atoms with E-state index in [9.17, 15) is 22.8 Å². The van der Waals surface area contributed by atoms with E-state index in [1.165, 1.54) is 18.3 Å². The van der Waals surface area contributed by atoms with Crippen LogP contribution in [0.1, 0.15) is 45.8 Å². The Labute approximate surface area is 157 Å². The molecule has 3 aromatic rings. The minimum Gasteiger partial charge on any atom is -0.298 e. The van der Waals surface area contributed by atoms with Gasteiger partial charge in [0.1, 0.15) is 5.52 Å². The number of aldehydes is 1. The molecule has 3 rings (SSSR count). The van der Waals surface area contributed by atoms with Crippen LogP contribution in [0.5, 0.6) is 0 Å². The summed E-state index contributed by atoms with van der Waals surface area (Å²) in [6.45, 7) is 5.55. The Balaban J connectivity index is 0.00000126. The number of fused-ring (bicyclic) bond motifs is 1. The number of pyridine rings is 1. The first-order valence-corrected chi connectivity index (χ1v) is 8.33. The van der Waals surface area contributed by atoms with E-state index in [-0.39, 0.29) is 16.1 Å². The summed E-state index contributed by atoms with van der Waals surface area (Å²) in [6.07, 6.45) is -2.96. The first-order chi connectivity index (χ1) is 12.7. The smallest absolute Gasteiger partial charge is 0.298 e. The summed E-state index contributed by atoms with van der Waals surface area (Å²) >= 11 is 5.86. The topological polar surface area (TPSA) is 64.8 Å². The van der Waals surface area contributed by atoms with E-state index in [1.54, 1.807) is 6.92 Å². The highest BCUT2D eigenvalue weighted by Crippen LogP contribution is 2.35. The second kappa shape index (κ2) is 7.87. The maximum atomic E-state index is 13.2. The number of hydrogen-bond acceptors (Lipinski definition) is 4. The number of alkyl halides is 3. The molecule has 0 radical (unpaired) electrons. The van der Waals surface area contributed by atoms with Gasteiger partial charge in [-0.3, -0.25) is 14.6 Å². The monoisotopic (exact) mass is 397 g/mol. The predicted octanol–water partition coefficient (Wildman–Crippen LogP) is 4.94. The summed E-state index contributed by atoms with van der Waals surface area (Å²) < 4.78 is 40.5. The van der Waals surface area contributed by atoms with Crippen LogP contribution in [0, 0.1) is 6.92 Å². The Morgan fingerprint density at radius 1 is 1.26 bits per heavy atom. The first-order valence-electron chi connectivity index (χ1n) is 7.95. The molecule has 9 heteroatoms. The highest BCUT2D eigenvalue weighted by molar-refractivity contribution is 6.34. The second-order valence-electron chi connectivity index (χ2n) is 5.22. The molecule has 0 N–H and O–H groups in total. The predicted molar refractivity (Wildman–Crippen MR) is 95.2 cm³/mol. The molecule has 0 aliphatic rings. The summed E-state index contributed by atoms with van der Waals surface area (Å²) in [5, 5.41) is 3.62. The van der Waals surface area contributed by atoms with Crippen molar-refractivity contribution in [2.24, 2.45) is 0 Å². The van der Waals surface area contributed by atoms with Crippen LogP contribution in [-0.2, 0) is 6.18 Å². The van der Waals surface area contributed by atoms with Gasteiger partial charge in [0, 0.05) is 11.8 Å². The number of carbonyl (C=O) groups is 2. The van der Waals surface area contributed by atoms with Crippen molar-refractivity contribution in [2.45, 2.75) is 26.9 Å². The van der Waals surface area contributed by atoms with E-state index in [1.807, 2.05) is 13.8 Å². The highest BCUT2D eigenvalue weighted by Gasteiger charge is 2.37. The van der Waals surface area contributed by atoms with Crippen LogP contribution in [0.25, 0.3) is 11.0 Å². The Bertz CT molecular complexity index is 1010. The maximum absolute atomic E-state index is 13.2. The Hall–Kier alpha value is -2.74. The Kier molecular flexibility index (Phi) is 6.00. The zero-order valence-electron chi connectivity index (χ0n) is 14.6. The minimum absolute atomic E-state index is 0.125. The van der Waals surface area contributed by atoms with Gasteiger partial charge in [0.15, 0.2) is 6.29 Å². The third-order valence-corrected chi connectivity index (χ3v) is 3.89. The molecule has 0 saturated carbocycles. The Morgan fingerprint density at radius 3 is 2.52 bits per heavy atom. The largest absolute Gasteiger partial charge is 0.417 e.